The average Bonchev–Trinajstić information content (AvgIpc) is 3.17. The van der Waals surface area contributed by atoms with E-state index < -0.39 is 46.5 Å². The molecule has 37 heavy (non-hydrogen) atoms. The molecule has 2 aliphatic heterocycles. The summed E-state index contributed by atoms with van der Waals surface area (Å²) in [6.45, 7) is 4.92. The third-order valence-corrected chi connectivity index (χ3v) is 6.92. The first-order valence-electron chi connectivity index (χ1n) is 10.6. The number of thiazole rings is 1. The number of hydrogen-bond acceptors (Lipinski definition) is 11. The number of carboxylic acids is 1. The van der Waals surface area contributed by atoms with Gasteiger partial charge in [0.15, 0.2) is 10.8 Å². The molecule has 1 aromatic rings. The molecule has 3 amide bonds. The highest BCUT2D eigenvalue weighted by Gasteiger charge is 2.53. The molecule has 3 rings (SSSR count). The summed E-state index contributed by atoms with van der Waals surface area (Å²) in [5.41, 5.74) is -1.34. The highest BCUT2D eigenvalue weighted by molar-refractivity contribution is 8.00. The van der Waals surface area contributed by atoms with Gasteiger partial charge < -0.3 is 25.3 Å². The topological polar surface area (TPSA) is 177 Å². The van der Waals surface area contributed by atoms with Gasteiger partial charge in [-0.25, -0.2) is 14.6 Å². The van der Waals surface area contributed by atoms with Crippen molar-refractivity contribution in [3.05, 3.63) is 34.0 Å². The van der Waals surface area contributed by atoms with Crippen LogP contribution in [0.25, 0.3) is 0 Å². The quantitative estimate of drug-likeness (QED) is 0.0706. The van der Waals surface area contributed by atoms with E-state index in [1.165, 1.54) is 23.9 Å². The molecule has 0 radical (unpaired) electrons. The van der Waals surface area contributed by atoms with Crippen molar-refractivity contribution in [1.29, 1.82) is 0 Å². The number of thioether (sulfide) groups is 1. The van der Waals surface area contributed by atoms with Crippen LogP contribution in [0.4, 0.5) is 5.13 Å². The van der Waals surface area contributed by atoms with E-state index in [-0.39, 0.29) is 27.5 Å². The Balaban J connectivity index is 1.76. The number of aliphatic carboxylic acids is 1. The second-order valence-electron chi connectivity index (χ2n) is 8.35. The molecule has 0 spiro atoms. The minimum absolute atomic E-state index is 0.0100. The zero-order valence-corrected chi connectivity index (χ0v) is 22.1. The van der Waals surface area contributed by atoms with Crippen LogP contribution in [0.1, 0.15) is 26.5 Å². The van der Waals surface area contributed by atoms with E-state index in [9.17, 15) is 29.1 Å². The smallest absolute Gasteiger partial charge is 0.352 e. The predicted molar refractivity (Wildman–Crippen MR) is 135 cm³/mol. The summed E-state index contributed by atoms with van der Waals surface area (Å²) in [6, 6.07) is -1.03. The van der Waals surface area contributed by atoms with Crippen LogP contribution in [0.5, 0.6) is 0 Å². The third-order valence-electron chi connectivity index (χ3n) is 4.55. The van der Waals surface area contributed by atoms with E-state index in [1.54, 1.807) is 20.8 Å². The Labute approximate surface area is 223 Å². The molecule has 3 N–H and O–H groups in total. The van der Waals surface area contributed by atoms with E-state index >= 15 is 0 Å². The van der Waals surface area contributed by atoms with Crippen LogP contribution in [0, 0.1) is 0 Å². The maximum absolute atomic E-state index is 13.1. The fourth-order valence-corrected chi connectivity index (χ4v) is 5.32. The van der Waals surface area contributed by atoms with Gasteiger partial charge in [0.2, 0.25) is 6.41 Å². The van der Waals surface area contributed by atoms with Gasteiger partial charge in [-0.2, -0.15) is 0 Å². The number of anilines is 1. The van der Waals surface area contributed by atoms with E-state index in [1.807, 2.05) is 0 Å². The molecular formula is C21H22ClN5O8S2. The Morgan fingerprint density at radius 3 is 2.76 bits per heavy atom. The van der Waals surface area contributed by atoms with Crippen molar-refractivity contribution in [3.63, 3.8) is 0 Å². The second kappa shape index (κ2) is 11.7. The molecule has 1 aromatic heterocycles. The summed E-state index contributed by atoms with van der Waals surface area (Å²) < 4.78 is 5.14. The van der Waals surface area contributed by atoms with Gasteiger partial charge in [-0.1, -0.05) is 28.1 Å². The number of nitrogens with zero attached hydrogens (tertiary/aromatic N) is 3. The first kappa shape index (κ1) is 28.1. The van der Waals surface area contributed by atoms with Crippen molar-refractivity contribution in [2.24, 2.45) is 5.16 Å². The lowest BCUT2D eigenvalue weighted by Crippen LogP contribution is -2.70. The fourth-order valence-electron chi connectivity index (χ4n) is 3.12. The predicted octanol–water partition coefficient (Wildman–Crippen LogP) is 1.35. The van der Waals surface area contributed by atoms with Gasteiger partial charge in [-0.3, -0.25) is 19.3 Å². The first-order valence-corrected chi connectivity index (χ1v) is 12.8. The summed E-state index contributed by atoms with van der Waals surface area (Å²) in [5.74, 6) is -2.98. The van der Waals surface area contributed by atoms with Crippen molar-refractivity contribution in [2.45, 2.75) is 37.8 Å². The van der Waals surface area contributed by atoms with Crippen molar-refractivity contribution >= 4 is 75.7 Å². The third kappa shape index (κ3) is 6.87. The number of oxime groups is 1. The number of carboxylic acid groups (broad SMARTS) is 1. The summed E-state index contributed by atoms with van der Waals surface area (Å²) >= 11 is 8.34. The van der Waals surface area contributed by atoms with Gasteiger partial charge >= 0.3 is 11.9 Å². The normalized spacial score (nSPS) is 19.5. The Bertz CT molecular complexity index is 1210. The fraction of sp³-hybridized carbons (Fsp3) is 0.381. The monoisotopic (exact) mass is 571 g/mol. The molecule has 1 fully saturated rings. The number of ether oxygens (including phenoxy) is 1. The number of amides is 3. The highest BCUT2D eigenvalue weighted by Crippen LogP contribution is 2.37. The number of carbonyl (C=O) groups excluding carboxylic acids is 4. The number of rotatable bonds is 10. The molecule has 13 nitrogen and oxygen atoms in total. The largest absolute Gasteiger partial charge is 0.477 e. The SMILES string of the molecule is CC(C)(C)OC(=O)C=CCON=C(C(=O)NC1C(=O)N2C(C(=O)O)=CCS[C@@H]12)c1nc(NC=O)sc1Cl. The number of fused-ring (bicyclic) bond motifs is 1. The summed E-state index contributed by atoms with van der Waals surface area (Å²) in [6.07, 6.45) is 4.25. The minimum Gasteiger partial charge on any atom is -0.477 e. The molecule has 2 atom stereocenters. The zero-order chi connectivity index (χ0) is 27.3. The van der Waals surface area contributed by atoms with Crippen LogP contribution < -0.4 is 10.6 Å². The number of halogens is 1. The molecule has 0 saturated carbocycles. The molecule has 0 aromatic carbocycles. The maximum atomic E-state index is 13.1. The Morgan fingerprint density at radius 2 is 2.11 bits per heavy atom. The van der Waals surface area contributed by atoms with Crippen LogP contribution in [0.3, 0.4) is 0 Å². The standard InChI is InChI=1S/C21H22ClN5O8S2/c1-21(2,3)35-11(29)5-4-7-34-26-13(12-15(22)37-20(25-12)23-9-28)16(30)24-14-17(31)27-10(19(32)33)6-8-36-18(14)27/h4-6,9,14,18H,7-8H2,1-3H3,(H,24,30)(H,32,33)(H,23,25,28)/t14?,18-/m0/s1. The molecule has 0 bridgehead atoms. The van der Waals surface area contributed by atoms with Gasteiger partial charge in [0.1, 0.15) is 39.4 Å². The van der Waals surface area contributed by atoms with E-state index in [4.69, 9.17) is 21.2 Å². The minimum atomic E-state index is -1.25. The maximum Gasteiger partial charge on any atom is 0.352 e. The Morgan fingerprint density at radius 1 is 1.38 bits per heavy atom. The van der Waals surface area contributed by atoms with Crippen LogP contribution >= 0.6 is 34.7 Å². The van der Waals surface area contributed by atoms with Crippen molar-refractivity contribution in [3.8, 4) is 0 Å². The average molecular weight is 572 g/mol. The van der Waals surface area contributed by atoms with E-state index in [0.717, 1.165) is 22.3 Å². The van der Waals surface area contributed by atoms with Gasteiger partial charge in [-0.05, 0) is 32.9 Å². The molecule has 2 aliphatic rings. The van der Waals surface area contributed by atoms with Gasteiger partial charge in [-0.15, -0.1) is 11.8 Å². The van der Waals surface area contributed by atoms with Crippen LogP contribution in [0.2, 0.25) is 4.34 Å². The van der Waals surface area contributed by atoms with Gasteiger partial charge in [0.25, 0.3) is 11.8 Å². The number of nitrogens with one attached hydrogen (secondary N) is 2. The van der Waals surface area contributed by atoms with Crippen LogP contribution in [-0.2, 0) is 33.5 Å². The highest BCUT2D eigenvalue weighted by atomic mass is 35.5. The summed E-state index contributed by atoms with van der Waals surface area (Å²) in [4.78, 5) is 70.0. The van der Waals surface area contributed by atoms with Gasteiger partial charge in [0, 0.05) is 11.8 Å². The molecule has 0 aliphatic carbocycles. The molecule has 1 unspecified atom stereocenters. The van der Waals surface area contributed by atoms with Crippen LogP contribution in [0.15, 0.2) is 29.1 Å². The number of aromatic nitrogens is 1. The number of esters is 1. The number of carbonyl (C=O) groups is 5. The van der Waals surface area contributed by atoms with Crippen molar-refractivity contribution < 1.29 is 38.7 Å². The molecular weight excluding hydrogens is 550 g/mol. The van der Waals surface area contributed by atoms with E-state index in [0.29, 0.717) is 12.2 Å². The molecule has 3 heterocycles. The number of β-lactam (4-membered cyclic amide) rings is 1. The van der Waals surface area contributed by atoms with Crippen LogP contribution in [-0.4, -0.2) is 80.2 Å². The zero-order valence-electron chi connectivity index (χ0n) is 19.7. The Hall–Kier alpha value is -3.43. The van der Waals surface area contributed by atoms with Crippen molar-refractivity contribution in [1.82, 2.24) is 15.2 Å². The lowest BCUT2D eigenvalue weighted by atomic mass is 10.0. The summed E-state index contributed by atoms with van der Waals surface area (Å²) in [7, 11) is 0. The second-order valence-corrected chi connectivity index (χ2v) is 11.1. The van der Waals surface area contributed by atoms with Crippen molar-refractivity contribution in [2.75, 3.05) is 17.7 Å². The lowest BCUT2D eigenvalue weighted by Gasteiger charge is -2.48. The van der Waals surface area contributed by atoms with E-state index in [2.05, 4.69) is 20.8 Å². The molecule has 198 valence electrons. The first-order chi connectivity index (χ1) is 17.4. The number of hydrogen-bond donors (Lipinski definition) is 3. The lowest BCUT2D eigenvalue weighted by molar-refractivity contribution is -0.150. The molecule has 16 heteroatoms. The Kier molecular flexibility index (Phi) is 8.94. The summed E-state index contributed by atoms with van der Waals surface area (Å²) in [5, 5.41) is 17.4. The van der Waals surface area contributed by atoms with Gasteiger partial charge in [0.05, 0.1) is 0 Å². The molecule has 1 saturated heterocycles.